The predicted molar refractivity (Wildman–Crippen MR) is 183 cm³/mol. The van der Waals surface area contributed by atoms with E-state index in [-0.39, 0.29) is 0 Å². The number of rotatable bonds is 13. The van der Waals surface area contributed by atoms with Gasteiger partial charge in [-0.3, -0.25) is 0 Å². The Morgan fingerprint density at radius 3 is 1.68 bits per heavy atom. The van der Waals surface area contributed by atoms with Gasteiger partial charge in [0.2, 0.25) is 0 Å². The molecule has 1 aliphatic carbocycles. The molecule has 0 aromatic carbocycles. The molecule has 0 fully saturated rings. The highest BCUT2D eigenvalue weighted by Crippen LogP contribution is 2.41. The maximum Gasteiger partial charge on any atom is 0.00285 e. The first-order valence-corrected chi connectivity index (χ1v) is 14.9. The quantitative estimate of drug-likeness (QED) is 0.162. The molecule has 0 nitrogen and oxygen atoms in total. The Morgan fingerprint density at radius 1 is 0.700 bits per heavy atom. The fraction of sp³-hybridized carbons (Fsp3) is 0.400. The van der Waals surface area contributed by atoms with Gasteiger partial charge < -0.3 is 0 Å². The summed E-state index contributed by atoms with van der Waals surface area (Å²) < 4.78 is 0. The van der Waals surface area contributed by atoms with Crippen LogP contribution in [0.25, 0.3) is 0 Å². The zero-order valence-corrected chi connectivity index (χ0v) is 27.2. The molecule has 0 aromatic heterocycles. The maximum atomic E-state index is 2.40. The van der Waals surface area contributed by atoms with Gasteiger partial charge in [-0.25, -0.2) is 0 Å². The van der Waals surface area contributed by atoms with Crippen LogP contribution in [0.1, 0.15) is 94.9 Å². The Bertz CT molecular complexity index is 1160. The molecule has 40 heavy (non-hydrogen) atoms. The Kier molecular flexibility index (Phi) is 16.6. The van der Waals surface area contributed by atoms with Crippen LogP contribution in [0, 0.1) is 11.3 Å². The van der Waals surface area contributed by atoms with Crippen LogP contribution >= 0.6 is 0 Å². The van der Waals surface area contributed by atoms with Crippen molar-refractivity contribution < 1.29 is 0 Å². The van der Waals surface area contributed by atoms with Gasteiger partial charge in [0.15, 0.2) is 0 Å². The summed E-state index contributed by atoms with van der Waals surface area (Å²) in [6, 6.07) is 0. The molecule has 0 heteroatoms. The molecule has 1 atom stereocenters. The van der Waals surface area contributed by atoms with E-state index in [2.05, 4.69) is 173 Å². The molecule has 1 aliphatic rings. The molecule has 0 radical (unpaired) electrons. The molecule has 0 aromatic rings. The molecule has 0 bridgehead atoms. The molecular formula is C40H56. The van der Waals surface area contributed by atoms with E-state index >= 15 is 0 Å². The number of hydrogen-bond donors (Lipinski definition) is 0. The molecule has 0 N–H and O–H groups in total. The van der Waals surface area contributed by atoms with Crippen LogP contribution in [0.2, 0.25) is 0 Å². The summed E-state index contributed by atoms with van der Waals surface area (Å²) in [4.78, 5) is 0. The van der Waals surface area contributed by atoms with Crippen molar-refractivity contribution in [3.63, 3.8) is 0 Å². The van der Waals surface area contributed by atoms with E-state index in [0.29, 0.717) is 11.3 Å². The van der Waals surface area contributed by atoms with Gasteiger partial charge in [0.1, 0.15) is 0 Å². The van der Waals surface area contributed by atoms with E-state index in [1.165, 1.54) is 51.9 Å². The van der Waals surface area contributed by atoms with Gasteiger partial charge in [-0.1, -0.05) is 156 Å². The van der Waals surface area contributed by atoms with Crippen LogP contribution < -0.4 is 0 Å². The lowest BCUT2D eigenvalue weighted by Crippen LogP contribution is -2.26. The second-order valence-electron chi connectivity index (χ2n) is 12.3. The summed E-state index contributed by atoms with van der Waals surface area (Å²) in [5.74, 6) is 0.531. The standard InChI is InChI=1S/C40H56/c1-32(2)18-13-21-35(5)24-15-26-36(6)25-14-22-33(3)19-11-12-20-34(4)23-16-27-37(7)29-30-39-38(8)28-17-31-40(39,9)10/h11-12,14-16,18-20,22-30,39H,13,17,21,31H2,1-10H3/b12-11+,22-14+,23-16+,26-15+,30-29+,33-19+,34-20-,35-24+,36-25+,37-27-. The molecule has 0 amide bonds. The molecule has 1 unspecified atom stereocenters. The van der Waals surface area contributed by atoms with Gasteiger partial charge in [-0.2, -0.15) is 0 Å². The summed E-state index contributed by atoms with van der Waals surface area (Å²) in [6.45, 7) is 22.1. The summed E-state index contributed by atoms with van der Waals surface area (Å²) in [5, 5.41) is 0. The number of allylic oxidation sites excluding steroid dienone is 24. The van der Waals surface area contributed by atoms with Crippen LogP contribution in [0.15, 0.2) is 142 Å². The van der Waals surface area contributed by atoms with Gasteiger partial charge in [0.25, 0.3) is 0 Å². The van der Waals surface area contributed by atoms with E-state index in [4.69, 9.17) is 0 Å². The molecule has 0 saturated carbocycles. The van der Waals surface area contributed by atoms with Crippen molar-refractivity contribution in [2.24, 2.45) is 11.3 Å². The van der Waals surface area contributed by atoms with Crippen molar-refractivity contribution in [3.05, 3.63) is 142 Å². The number of hydrogen-bond acceptors (Lipinski definition) is 0. The monoisotopic (exact) mass is 536 g/mol. The highest BCUT2D eigenvalue weighted by Gasteiger charge is 2.30. The normalized spacial score (nSPS) is 20.1. The molecule has 0 saturated heterocycles. The lowest BCUT2D eigenvalue weighted by molar-refractivity contribution is 0.255. The van der Waals surface area contributed by atoms with Crippen molar-refractivity contribution in [1.29, 1.82) is 0 Å². The first-order valence-electron chi connectivity index (χ1n) is 14.9. The third-order valence-corrected chi connectivity index (χ3v) is 7.24. The Morgan fingerprint density at radius 2 is 1.18 bits per heavy atom. The van der Waals surface area contributed by atoms with Gasteiger partial charge in [0.05, 0.1) is 0 Å². The second kappa shape index (κ2) is 19.0. The molecule has 0 heterocycles. The molecule has 0 spiro atoms. The van der Waals surface area contributed by atoms with Crippen molar-refractivity contribution in [1.82, 2.24) is 0 Å². The SMILES string of the molecule is CC(C)=CCC/C(C)=C/C=C/C(C)=C/C=C/C(C)=C/C=C/C=C(C)\C=C\C=C(C)/C=C/C1C(C)=CCCC1(C)C. The molecule has 216 valence electrons. The second-order valence-corrected chi connectivity index (χ2v) is 12.3. The fourth-order valence-electron chi connectivity index (χ4n) is 4.61. The fourth-order valence-corrected chi connectivity index (χ4v) is 4.61. The minimum absolute atomic E-state index is 0.342. The summed E-state index contributed by atoms with van der Waals surface area (Å²) >= 11 is 0. The van der Waals surface area contributed by atoms with E-state index in [0.717, 1.165) is 12.8 Å². The van der Waals surface area contributed by atoms with Crippen molar-refractivity contribution >= 4 is 0 Å². The van der Waals surface area contributed by atoms with Gasteiger partial charge in [-0.05, 0) is 86.5 Å². The summed E-state index contributed by atoms with van der Waals surface area (Å²) in [6.07, 6.45) is 42.0. The third-order valence-electron chi connectivity index (χ3n) is 7.24. The minimum Gasteiger partial charge on any atom is -0.0856 e. The highest BCUT2D eigenvalue weighted by molar-refractivity contribution is 5.33. The molecular weight excluding hydrogens is 480 g/mol. The first-order chi connectivity index (χ1) is 18.9. The Balaban J connectivity index is 2.57. The zero-order valence-electron chi connectivity index (χ0n) is 27.2. The largest absolute Gasteiger partial charge is 0.0856 e. The molecule has 1 rings (SSSR count). The predicted octanol–water partition coefficient (Wildman–Crippen LogP) is 12.6. The van der Waals surface area contributed by atoms with E-state index in [1.54, 1.807) is 0 Å². The van der Waals surface area contributed by atoms with Gasteiger partial charge in [-0.15, -0.1) is 0 Å². The average Bonchev–Trinajstić information content (AvgIpc) is 2.85. The van der Waals surface area contributed by atoms with Crippen LogP contribution in [0.4, 0.5) is 0 Å². The van der Waals surface area contributed by atoms with Crippen molar-refractivity contribution in [2.45, 2.75) is 94.9 Å². The minimum atomic E-state index is 0.342. The lowest BCUT2D eigenvalue weighted by atomic mass is 9.68. The van der Waals surface area contributed by atoms with Gasteiger partial charge >= 0.3 is 0 Å². The van der Waals surface area contributed by atoms with Crippen LogP contribution in [0.3, 0.4) is 0 Å². The summed E-state index contributed by atoms with van der Waals surface area (Å²) in [5.41, 5.74) is 9.61. The lowest BCUT2D eigenvalue weighted by Gasteiger charge is -2.36. The summed E-state index contributed by atoms with van der Waals surface area (Å²) in [7, 11) is 0. The zero-order chi connectivity index (χ0) is 30.0. The molecule has 0 aliphatic heterocycles. The highest BCUT2D eigenvalue weighted by atomic mass is 14.3. The topological polar surface area (TPSA) is 0 Å². The third kappa shape index (κ3) is 16.1. The van der Waals surface area contributed by atoms with Crippen molar-refractivity contribution in [3.8, 4) is 0 Å². The Labute approximate surface area is 248 Å². The maximum absolute atomic E-state index is 2.40. The van der Waals surface area contributed by atoms with E-state index in [1.807, 2.05) is 0 Å². The smallest absolute Gasteiger partial charge is 0.00285 e. The first kappa shape index (κ1) is 34.9. The Hall–Kier alpha value is -3.12. The van der Waals surface area contributed by atoms with E-state index < -0.39 is 0 Å². The van der Waals surface area contributed by atoms with Crippen molar-refractivity contribution in [2.75, 3.05) is 0 Å². The van der Waals surface area contributed by atoms with Crippen LogP contribution in [0.5, 0.6) is 0 Å². The van der Waals surface area contributed by atoms with Crippen LogP contribution in [-0.2, 0) is 0 Å². The average molecular weight is 537 g/mol. The van der Waals surface area contributed by atoms with Crippen LogP contribution in [-0.4, -0.2) is 0 Å². The van der Waals surface area contributed by atoms with Gasteiger partial charge in [0, 0.05) is 5.92 Å². The van der Waals surface area contributed by atoms with E-state index in [9.17, 15) is 0 Å².